The number of aliphatic hydroxyl groups is 1. The minimum Gasteiger partial charge on any atom is -0.394 e. The van der Waals surface area contributed by atoms with Gasteiger partial charge in [-0.15, -0.1) is 0 Å². The molecule has 0 aliphatic rings. The van der Waals surface area contributed by atoms with E-state index in [2.05, 4.69) is 10.4 Å². The van der Waals surface area contributed by atoms with Crippen LogP contribution in [0.1, 0.15) is 29.9 Å². The number of aryl methyl sites for hydroxylation is 2. The van der Waals surface area contributed by atoms with Gasteiger partial charge in [0.1, 0.15) is 0 Å². The predicted octanol–water partition coefficient (Wildman–Crippen LogP) is 2.44. The highest BCUT2D eigenvalue weighted by Gasteiger charge is 2.24. The van der Waals surface area contributed by atoms with Gasteiger partial charge in [-0.3, -0.25) is 9.48 Å². The third-order valence-corrected chi connectivity index (χ3v) is 4.13. The summed E-state index contributed by atoms with van der Waals surface area (Å²) in [5, 5.41) is 17.5. The van der Waals surface area contributed by atoms with Crippen molar-refractivity contribution in [1.82, 2.24) is 20.1 Å². The normalized spacial score (nSPS) is 11.7. The molecular formula is C19H22N4O2. The summed E-state index contributed by atoms with van der Waals surface area (Å²) < 4.78 is 1.69. The minimum atomic E-state index is -0.713. The van der Waals surface area contributed by atoms with Crippen LogP contribution in [0.25, 0.3) is 22.3 Å². The van der Waals surface area contributed by atoms with Crippen LogP contribution in [0.5, 0.6) is 0 Å². The number of rotatable bonds is 4. The first-order valence-corrected chi connectivity index (χ1v) is 8.15. The highest BCUT2D eigenvalue weighted by atomic mass is 16.3. The zero-order valence-corrected chi connectivity index (χ0v) is 14.9. The highest BCUT2D eigenvalue weighted by Crippen LogP contribution is 2.27. The van der Waals surface area contributed by atoms with Crippen molar-refractivity contribution >= 4 is 16.9 Å². The van der Waals surface area contributed by atoms with E-state index in [1.807, 2.05) is 44.3 Å². The van der Waals surface area contributed by atoms with Gasteiger partial charge in [-0.2, -0.15) is 5.10 Å². The van der Waals surface area contributed by atoms with Crippen LogP contribution in [0, 0.1) is 6.92 Å². The van der Waals surface area contributed by atoms with Gasteiger partial charge in [-0.25, -0.2) is 4.98 Å². The van der Waals surface area contributed by atoms with Gasteiger partial charge in [0.25, 0.3) is 5.91 Å². The number of hydrogen-bond acceptors (Lipinski definition) is 4. The number of carbonyl (C=O) groups excluding carboxylic acids is 1. The van der Waals surface area contributed by atoms with Gasteiger partial charge in [0.15, 0.2) is 5.65 Å². The molecule has 3 aromatic rings. The Morgan fingerprint density at radius 2 is 1.96 bits per heavy atom. The van der Waals surface area contributed by atoms with Gasteiger partial charge in [-0.05, 0) is 26.8 Å². The van der Waals surface area contributed by atoms with Crippen LogP contribution in [0.4, 0.5) is 0 Å². The molecule has 0 bridgehead atoms. The number of amides is 1. The van der Waals surface area contributed by atoms with Crippen molar-refractivity contribution in [3.05, 3.63) is 47.7 Å². The maximum absolute atomic E-state index is 12.9. The van der Waals surface area contributed by atoms with Crippen LogP contribution in [-0.4, -0.2) is 37.9 Å². The SMILES string of the molecule is Cc1nn(C)c2nc(-c3ccccc3)cc(C(=O)NC(C)(C)CO)c12. The topological polar surface area (TPSA) is 80.0 Å². The van der Waals surface area contributed by atoms with Crippen molar-refractivity contribution < 1.29 is 9.90 Å². The molecule has 0 atom stereocenters. The molecule has 0 saturated carbocycles. The third-order valence-electron chi connectivity index (χ3n) is 4.13. The first kappa shape index (κ1) is 17.1. The number of fused-ring (bicyclic) bond motifs is 1. The smallest absolute Gasteiger partial charge is 0.252 e. The molecule has 0 saturated heterocycles. The second-order valence-corrected chi connectivity index (χ2v) is 6.82. The van der Waals surface area contributed by atoms with E-state index in [1.54, 1.807) is 24.6 Å². The molecule has 130 valence electrons. The number of aromatic nitrogens is 3. The van der Waals surface area contributed by atoms with Gasteiger partial charge >= 0.3 is 0 Å². The molecule has 0 fully saturated rings. The zero-order valence-electron chi connectivity index (χ0n) is 14.9. The van der Waals surface area contributed by atoms with E-state index in [-0.39, 0.29) is 12.5 Å². The molecule has 1 aromatic carbocycles. The van der Waals surface area contributed by atoms with E-state index < -0.39 is 5.54 Å². The van der Waals surface area contributed by atoms with Crippen LogP contribution in [0.2, 0.25) is 0 Å². The molecule has 2 aromatic heterocycles. The second-order valence-electron chi connectivity index (χ2n) is 6.82. The number of hydrogen-bond donors (Lipinski definition) is 2. The fourth-order valence-corrected chi connectivity index (χ4v) is 2.79. The molecule has 1 amide bonds. The Hall–Kier alpha value is -2.73. The summed E-state index contributed by atoms with van der Waals surface area (Å²) in [6.07, 6.45) is 0. The molecule has 6 heteroatoms. The van der Waals surface area contributed by atoms with Gasteiger partial charge in [-0.1, -0.05) is 30.3 Å². The maximum atomic E-state index is 12.9. The summed E-state index contributed by atoms with van der Waals surface area (Å²) in [4.78, 5) is 17.6. The summed E-state index contributed by atoms with van der Waals surface area (Å²) >= 11 is 0. The van der Waals surface area contributed by atoms with Crippen molar-refractivity contribution in [2.45, 2.75) is 26.3 Å². The number of carbonyl (C=O) groups is 1. The van der Waals surface area contributed by atoms with Gasteiger partial charge in [0, 0.05) is 12.6 Å². The van der Waals surface area contributed by atoms with Gasteiger partial charge in [0.2, 0.25) is 0 Å². The Labute approximate surface area is 146 Å². The predicted molar refractivity (Wildman–Crippen MR) is 97.3 cm³/mol. The largest absolute Gasteiger partial charge is 0.394 e. The monoisotopic (exact) mass is 338 g/mol. The van der Waals surface area contributed by atoms with Crippen molar-refractivity contribution in [1.29, 1.82) is 0 Å². The molecule has 2 N–H and O–H groups in total. The van der Waals surface area contributed by atoms with E-state index in [0.717, 1.165) is 16.6 Å². The summed E-state index contributed by atoms with van der Waals surface area (Å²) in [6.45, 7) is 5.26. The number of pyridine rings is 1. The van der Waals surface area contributed by atoms with Crippen molar-refractivity contribution in [2.75, 3.05) is 6.61 Å². The number of nitrogens with one attached hydrogen (secondary N) is 1. The number of nitrogens with zero attached hydrogens (tertiary/aromatic N) is 3. The molecule has 0 aliphatic carbocycles. The lowest BCUT2D eigenvalue weighted by Gasteiger charge is -2.23. The van der Waals surface area contributed by atoms with Crippen LogP contribution in [-0.2, 0) is 7.05 Å². The molecule has 6 nitrogen and oxygen atoms in total. The quantitative estimate of drug-likeness (QED) is 0.766. The third kappa shape index (κ3) is 3.25. The van der Waals surface area contributed by atoms with E-state index in [1.165, 1.54) is 0 Å². The van der Waals surface area contributed by atoms with E-state index in [4.69, 9.17) is 4.98 Å². The highest BCUT2D eigenvalue weighted by molar-refractivity contribution is 6.07. The molecule has 0 spiro atoms. The first-order valence-electron chi connectivity index (χ1n) is 8.15. The number of aliphatic hydroxyl groups excluding tert-OH is 1. The average molecular weight is 338 g/mol. The fraction of sp³-hybridized carbons (Fsp3) is 0.316. The second kappa shape index (κ2) is 6.29. The summed E-state index contributed by atoms with van der Waals surface area (Å²) in [5.74, 6) is -0.250. The lowest BCUT2D eigenvalue weighted by Crippen LogP contribution is -2.46. The summed E-state index contributed by atoms with van der Waals surface area (Å²) in [7, 11) is 1.82. The van der Waals surface area contributed by atoms with Gasteiger partial charge < -0.3 is 10.4 Å². The van der Waals surface area contributed by atoms with Crippen LogP contribution < -0.4 is 5.32 Å². The Morgan fingerprint density at radius 1 is 1.28 bits per heavy atom. The van der Waals surface area contributed by atoms with Crippen molar-refractivity contribution in [3.8, 4) is 11.3 Å². The molecule has 0 aliphatic heterocycles. The maximum Gasteiger partial charge on any atom is 0.252 e. The van der Waals surface area contributed by atoms with Crippen LogP contribution in [0.15, 0.2) is 36.4 Å². The molecule has 25 heavy (non-hydrogen) atoms. The van der Waals surface area contributed by atoms with Crippen LogP contribution >= 0.6 is 0 Å². The standard InChI is InChI=1S/C19H22N4O2/c1-12-16-14(18(25)21-19(2,3)11-24)10-15(13-8-6-5-7-9-13)20-17(16)23(4)22-12/h5-10,24H,11H2,1-4H3,(H,21,25). The zero-order chi connectivity index (χ0) is 18.2. The van der Waals surface area contributed by atoms with E-state index in [0.29, 0.717) is 16.9 Å². The van der Waals surface area contributed by atoms with Crippen molar-refractivity contribution in [2.24, 2.45) is 7.05 Å². The molecule has 2 heterocycles. The lowest BCUT2D eigenvalue weighted by atomic mass is 10.0. The summed E-state index contributed by atoms with van der Waals surface area (Å²) in [6, 6.07) is 11.5. The average Bonchev–Trinajstić information content (AvgIpc) is 2.89. The van der Waals surface area contributed by atoms with Crippen LogP contribution in [0.3, 0.4) is 0 Å². The molecule has 3 rings (SSSR count). The molecule has 0 radical (unpaired) electrons. The Bertz CT molecular complexity index is 929. The van der Waals surface area contributed by atoms with Gasteiger partial charge in [0.05, 0.1) is 34.5 Å². The summed E-state index contributed by atoms with van der Waals surface area (Å²) in [5.41, 5.74) is 2.84. The molecular weight excluding hydrogens is 316 g/mol. The lowest BCUT2D eigenvalue weighted by molar-refractivity contribution is 0.0871. The Morgan fingerprint density at radius 3 is 2.60 bits per heavy atom. The first-order chi connectivity index (χ1) is 11.8. The van der Waals surface area contributed by atoms with E-state index in [9.17, 15) is 9.90 Å². The fourth-order valence-electron chi connectivity index (χ4n) is 2.79. The Kier molecular flexibility index (Phi) is 4.30. The minimum absolute atomic E-state index is 0.148. The molecule has 0 unspecified atom stereocenters. The Balaban J connectivity index is 2.20. The van der Waals surface area contributed by atoms with E-state index >= 15 is 0 Å². The van der Waals surface area contributed by atoms with Crippen molar-refractivity contribution in [3.63, 3.8) is 0 Å². The number of benzene rings is 1.